The first-order chi connectivity index (χ1) is 16.3. The quantitative estimate of drug-likeness (QED) is 0.332. The third-order valence-electron chi connectivity index (χ3n) is 5.55. The van der Waals surface area contributed by atoms with E-state index in [1.807, 2.05) is 55.4 Å². The molecule has 0 aliphatic heterocycles. The first-order valence-corrected chi connectivity index (χ1v) is 11.3. The number of carboxylic acid groups (broad SMARTS) is 1. The van der Waals surface area contributed by atoms with Crippen LogP contribution >= 0.6 is 11.6 Å². The predicted octanol–water partition coefficient (Wildman–Crippen LogP) is 4.34. The van der Waals surface area contributed by atoms with Crippen LogP contribution in [0.3, 0.4) is 0 Å². The number of carbonyl (C=O) groups excluding carboxylic acids is 1. The summed E-state index contributed by atoms with van der Waals surface area (Å²) in [6, 6.07) is 17.1. The Bertz CT molecular complexity index is 1350. The number of fused-ring (bicyclic) bond motifs is 2. The second kappa shape index (κ2) is 10.2. The van der Waals surface area contributed by atoms with Gasteiger partial charge in [0.1, 0.15) is 18.4 Å². The van der Waals surface area contributed by atoms with Crippen molar-refractivity contribution < 1.29 is 19.4 Å². The molecule has 1 amide bonds. The summed E-state index contributed by atoms with van der Waals surface area (Å²) in [5.74, 6) is -0.790. The summed E-state index contributed by atoms with van der Waals surface area (Å²) in [5.41, 5.74) is 1.95. The van der Waals surface area contributed by atoms with Gasteiger partial charge in [-0.05, 0) is 73.4 Å². The van der Waals surface area contributed by atoms with Gasteiger partial charge in [-0.3, -0.25) is 4.79 Å². The van der Waals surface area contributed by atoms with Crippen LogP contribution in [0.4, 0.5) is 0 Å². The molecule has 34 heavy (non-hydrogen) atoms. The van der Waals surface area contributed by atoms with Gasteiger partial charge in [-0.25, -0.2) is 4.79 Å². The smallest absolute Gasteiger partial charge is 0.326 e. The Kier molecular flexibility index (Phi) is 7.05. The fraction of sp³-hybridized carbons (Fsp3) is 0.231. The maximum Gasteiger partial charge on any atom is 0.326 e. The molecule has 0 radical (unpaired) electrons. The molecule has 0 saturated heterocycles. The summed E-state index contributed by atoms with van der Waals surface area (Å²) in [7, 11) is 3.98. The first-order valence-electron chi connectivity index (χ1n) is 10.9. The van der Waals surface area contributed by atoms with Crippen LogP contribution in [0, 0.1) is 0 Å². The van der Waals surface area contributed by atoms with Gasteiger partial charge in [0.2, 0.25) is 0 Å². The van der Waals surface area contributed by atoms with Crippen molar-refractivity contribution in [1.29, 1.82) is 0 Å². The highest BCUT2D eigenvalue weighted by Gasteiger charge is 2.22. The number of rotatable bonds is 9. The number of carbonyl (C=O) groups is 2. The molecule has 4 aromatic rings. The van der Waals surface area contributed by atoms with Gasteiger partial charge in [0, 0.05) is 40.1 Å². The van der Waals surface area contributed by atoms with E-state index in [4.69, 9.17) is 16.3 Å². The van der Waals surface area contributed by atoms with Gasteiger partial charge < -0.3 is 25.0 Å². The molecule has 0 aliphatic rings. The number of hydrogen-bond acceptors (Lipinski definition) is 4. The van der Waals surface area contributed by atoms with Gasteiger partial charge in [-0.15, -0.1) is 0 Å². The van der Waals surface area contributed by atoms with Crippen molar-refractivity contribution >= 4 is 45.2 Å². The Morgan fingerprint density at radius 1 is 1.03 bits per heavy atom. The minimum Gasteiger partial charge on any atom is -0.492 e. The number of likely N-dealkylation sites (N-methyl/N-ethyl adjacent to an activating group) is 1. The molecule has 1 aromatic heterocycles. The predicted molar refractivity (Wildman–Crippen MR) is 134 cm³/mol. The van der Waals surface area contributed by atoms with Gasteiger partial charge in [0.15, 0.2) is 0 Å². The highest BCUT2D eigenvalue weighted by Crippen LogP contribution is 2.23. The summed E-state index contributed by atoms with van der Waals surface area (Å²) in [6.07, 6.45) is 0.120. The molecule has 0 spiro atoms. The number of carboxylic acids is 1. The molecule has 4 rings (SSSR count). The number of aromatic nitrogens is 1. The highest BCUT2D eigenvalue weighted by molar-refractivity contribution is 6.31. The van der Waals surface area contributed by atoms with Crippen LogP contribution in [-0.4, -0.2) is 60.2 Å². The van der Waals surface area contributed by atoms with Crippen molar-refractivity contribution in [2.45, 2.75) is 12.5 Å². The average Bonchev–Trinajstić information content (AvgIpc) is 3.19. The summed E-state index contributed by atoms with van der Waals surface area (Å²) < 4.78 is 5.77. The molecule has 0 aliphatic carbocycles. The zero-order valence-electron chi connectivity index (χ0n) is 19.0. The molecule has 3 aromatic carbocycles. The number of benzene rings is 3. The standard InChI is InChI=1S/C26H26ClN3O4/c1-30(2)9-10-34-22-7-5-16-11-18(4-3-17(16)14-22)25(31)29-24(26(32)33)15-21-13-19-12-20(27)6-8-23(19)28-21/h3-8,11-14,24,28H,9-10,15H2,1-2H3,(H,29,31)(H,32,33). The lowest BCUT2D eigenvalue weighted by Crippen LogP contribution is -2.42. The van der Waals surface area contributed by atoms with E-state index in [-0.39, 0.29) is 6.42 Å². The molecular weight excluding hydrogens is 454 g/mol. The van der Waals surface area contributed by atoms with Gasteiger partial charge >= 0.3 is 5.97 Å². The zero-order chi connectivity index (χ0) is 24.2. The monoisotopic (exact) mass is 479 g/mol. The second-order valence-electron chi connectivity index (χ2n) is 8.47. The van der Waals surface area contributed by atoms with Crippen LogP contribution in [0.25, 0.3) is 21.7 Å². The van der Waals surface area contributed by atoms with E-state index in [1.54, 1.807) is 24.3 Å². The van der Waals surface area contributed by atoms with E-state index >= 15 is 0 Å². The second-order valence-corrected chi connectivity index (χ2v) is 8.91. The molecule has 3 N–H and O–H groups in total. The largest absolute Gasteiger partial charge is 0.492 e. The molecule has 1 heterocycles. The van der Waals surface area contributed by atoms with E-state index in [0.717, 1.165) is 34.0 Å². The fourth-order valence-corrected chi connectivity index (χ4v) is 3.92. The summed E-state index contributed by atoms with van der Waals surface area (Å²) >= 11 is 6.03. The number of H-pyrrole nitrogens is 1. The average molecular weight is 480 g/mol. The SMILES string of the molecule is CN(C)CCOc1ccc2cc(C(=O)NC(Cc3cc4cc(Cl)ccc4[nH]3)C(=O)O)ccc2c1. The van der Waals surface area contributed by atoms with Crippen LogP contribution in [-0.2, 0) is 11.2 Å². The van der Waals surface area contributed by atoms with Gasteiger partial charge in [0.05, 0.1) is 0 Å². The Hall–Kier alpha value is -3.55. The number of halogens is 1. The van der Waals surface area contributed by atoms with Crippen molar-refractivity contribution in [2.75, 3.05) is 27.2 Å². The molecule has 0 bridgehead atoms. The van der Waals surface area contributed by atoms with E-state index in [9.17, 15) is 14.7 Å². The number of nitrogens with zero attached hydrogens (tertiary/aromatic N) is 1. The normalized spacial score (nSPS) is 12.2. The Morgan fingerprint density at radius 3 is 2.56 bits per heavy atom. The minimum absolute atomic E-state index is 0.120. The van der Waals surface area contributed by atoms with Crippen molar-refractivity contribution in [2.24, 2.45) is 0 Å². The number of amides is 1. The molecule has 1 unspecified atom stereocenters. The number of aliphatic carboxylic acids is 1. The Morgan fingerprint density at radius 2 is 1.79 bits per heavy atom. The lowest BCUT2D eigenvalue weighted by Gasteiger charge is -2.14. The summed E-state index contributed by atoms with van der Waals surface area (Å²) in [5, 5.41) is 15.6. The summed E-state index contributed by atoms with van der Waals surface area (Å²) in [4.78, 5) is 29.9. The molecule has 1 atom stereocenters. The van der Waals surface area contributed by atoms with E-state index in [1.165, 1.54) is 0 Å². The molecule has 0 saturated carbocycles. The topological polar surface area (TPSA) is 94.7 Å². The third kappa shape index (κ3) is 5.68. The fourth-order valence-electron chi connectivity index (χ4n) is 3.74. The Balaban J connectivity index is 1.46. The van der Waals surface area contributed by atoms with Crippen LogP contribution in [0.5, 0.6) is 5.75 Å². The van der Waals surface area contributed by atoms with Crippen LogP contribution < -0.4 is 10.1 Å². The number of ether oxygens (including phenoxy) is 1. The summed E-state index contributed by atoms with van der Waals surface area (Å²) in [6.45, 7) is 1.40. The molecule has 7 nitrogen and oxygen atoms in total. The highest BCUT2D eigenvalue weighted by atomic mass is 35.5. The van der Waals surface area contributed by atoms with Crippen molar-refractivity contribution in [1.82, 2.24) is 15.2 Å². The van der Waals surface area contributed by atoms with Crippen molar-refractivity contribution in [3.05, 3.63) is 76.9 Å². The van der Waals surface area contributed by atoms with Crippen molar-refractivity contribution in [3.8, 4) is 5.75 Å². The zero-order valence-corrected chi connectivity index (χ0v) is 19.7. The van der Waals surface area contributed by atoms with Gasteiger partial charge in [-0.1, -0.05) is 23.7 Å². The number of nitrogens with one attached hydrogen (secondary N) is 2. The third-order valence-corrected chi connectivity index (χ3v) is 5.78. The lowest BCUT2D eigenvalue weighted by molar-refractivity contribution is -0.139. The Labute approximate surface area is 202 Å². The lowest BCUT2D eigenvalue weighted by atomic mass is 10.1. The molecule has 0 fully saturated rings. The van der Waals surface area contributed by atoms with Gasteiger partial charge in [-0.2, -0.15) is 0 Å². The van der Waals surface area contributed by atoms with E-state index < -0.39 is 17.9 Å². The molecule has 176 valence electrons. The maximum absolute atomic E-state index is 12.9. The number of aromatic amines is 1. The van der Waals surface area contributed by atoms with Crippen LogP contribution in [0.15, 0.2) is 60.7 Å². The minimum atomic E-state index is -1.11. The maximum atomic E-state index is 12.9. The van der Waals surface area contributed by atoms with E-state index in [2.05, 4.69) is 10.3 Å². The molecule has 8 heteroatoms. The first kappa shape index (κ1) is 23.6. The van der Waals surface area contributed by atoms with E-state index in [0.29, 0.717) is 22.9 Å². The van der Waals surface area contributed by atoms with Crippen LogP contribution in [0.2, 0.25) is 5.02 Å². The molecular formula is C26H26ClN3O4. The van der Waals surface area contributed by atoms with Crippen molar-refractivity contribution in [3.63, 3.8) is 0 Å². The van der Waals surface area contributed by atoms with Crippen LogP contribution in [0.1, 0.15) is 16.1 Å². The van der Waals surface area contributed by atoms with Gasteiger partial charge in [0.25, 0.3) is 5.91 Å². The number of hydrogen-bond donors (Lipinski definition) is 3.